The van der Waals surface area contributed by atoms with Gasteiger partial charge in [-0.3, -0.25) is 9.69 Å². The van der Waals surface area contributed by atoms with Gasteiger partial charge in [-0.05, 0) is 62.4 Å². The van der Waals surface area contributed by atoms with Gasteiger partial charge < -0.3 is 10.4 Å². The molecule has 0 radical (unpaired) electrons. The molecule has 1 saturated heterocycles. The fourth-order valence-corrected chi connectivity index (χ4v) is 5.29. The van der Waals surface area contributed by atoms with Crippen LogP contribution in [0.2, 0.25) is 0 Å². The summed E-state index contributed by atoms with van der Waals surface area (Å²) >= 11 is 1.64. The van der Waals surface area contributed by atoms with Crippen LogP contribution >= 0.6 is 11.8 Å². The predicted molar refractivity (Wildman–Crippen MR) is 103 cm³/mol. The molecule has 5 rings (SSSR count). The third-order valence-electron chi connectivity index (χ3n) is 6.16. The summed E-state index contributed by atoms with van der Waals surface area (Å²) in [7, 11) is 0. The third kappa shape index (κ3) is 3.08. The zero-order valence-corrected chi connectivity index (χ0v) is 15.8. The maximum atomic E-state index is 11.5. The number of hydrogen-bond acceptors (Lipinski definition) is 6. The predicted octanol–water partition coefficient (Wildman–Crippen LogP) is 3.76. The van der Waals surface area contributed by atoms with E-state index in [9.17, 15) is 9.90 Å². The number of fused-ring (bicyclic) bond motifs is 2. The number of benzene rings is 1. The lowest BCUT2D eigenvalue weighted by molar-refractivity contribution is -0.146. The highest BCUT2D eigenvalue weighted by Gasteiger charge is 2.55. The molecule has 2 aromatic rings. The number of carboxylic acids is 1. The summed E-state index contributed by atoms with van der Waals surface area (Å²) < 4.78 is 0. The molecule has 1 aliphatic carbocycles. The molecule has 0 bridgehead atoms. The zero-order chi connectivity index (χ0) is 18.4. The number of likely N-dealkylation sites (tertiary alicyclic amines) is 1. The second-order valence-corrected chi connectivity index (χ2v) is 8.81. The van der Waals surface area contributed by atoms with E-state index in [0.717, 1.165) is 61.8 Å². The topological polar surface area (TPSA) is 78.4 Å². The molecule has 2 N–H and O–H groups in total. The Morgan fingerprint density at radius 3 is 2.78 bits per heavy atom. The van der Waals surface area contributed by atoms with Crippen LogP contribution < -0.4 is 5.32 Å². The van der Waals surface area contributed by atoms with Crippen molar-refractivity contribution in [1.29, 1.82) is 0 Å². The number of carbonyl (C=O) groups is 1. The van der Waals surface area contributed by atoms with E-state index in [4.69, 9.17) is 0 Å². The van der Waals surface area contributed by atoms with Crippen molar-refractivity contribution in [1.82, 2.24) is 14.9 Å². The smallest absolute Gasteiger partial charge is 0.309 e. The standard InChI is InChI=1S/C20H22N4O2S/c25-19(26)20(5-6-20)14-3-9-24(10-4-14)12-13-1-2-16-15(11-13)23-17-18(27-16)22-8-7-21-17/h1-2,7-8,11,14H,3-6,9-10,12H2,(H,21,23)(H,25,26). The molecule has 27 heavy (non-hydrogen) atoms. The van der Waals surface area contributed by atoms with Crippen molar-refractivity contribution in [3.8, 4) is 0 Å². The lowest BCUT2D eigenvalue weighted by atomic mass is 9.81. The Kier molecular flexibility index (Phi) is 4.09. The van der Waals surface area contributed by atoms with Gasteiger partial charge in [-0.15, -0.1) is 0 Å². The molecule has 2 aliphatic heterocycles. The molecular weight excluding hydrogens is 360 g/mol. The van der Waals surface area contributed by atoms with Crippen molar-refractivity contribution in [2.45, 2.75) is 42.1 Å². The number of piperidine rings is 1. The molecule has 1 saturated carbocycles. The van der Waals surface area contributed by atoms with E-state index in [0.29, 0.717) is 5.92 Å². The van der Waals surface area contributed by atoms with Crippen LogP contribution in [0.4, 0.5) is 11.5 Å². The lowest BCUT2D eigenvalue weighted by Gasteiger charge is -2.35. The van der Waals surface area contributed by atoms with E-state index in [1.54, 1.807) is 24.2 Å². The number of rotatable bonds is 4. The Morgan fingerprint density at radius 1 is 1.26 bits per heavy atom. The molecule has 6 nitrogen and oxygen atoms in total. The van der Waals surface area contributed by atoms with Crippen molar-refractivity contribution in [2.24, 2.45) is 11.3 Å². The monoisotopic (exact) mass is 382 g/mol. The van der Waals surface area contributed by atoms with Crippen molar-refractivity contribution in [3.63, 3.8) is 0 Å². The number of aromatic nitrogens is 2. The summed E-state index contributed by atoms with van der Waals surface area (Å²) in [6.45, 7) is 2.86. The first-order valence-electron chi connectivity index (χ1n) is 9.49. The van der Waals surface area contributed by atoms with Crippen LogP contribution in [0.15, 0.2) is 40.5 Å². The molecule has 3 heterocycles. The van der Waals surface area contributed by atoms with Gasteiger partial charge in [0.2, 0.25) is 0 Å². The van der Waals surface area contributed by atoms with Gasteiger partial charge in [0.1, 0.15) is 5.03 Å². The number of nitrogens with zero attached hydrogens (tertiary/aromatic N) is 3. The van der Waals surface area contributed by atoms with Gasteiger partial charge >= 0.3 is 5.97 Å². The van der Waals surface area contributed by atoms with Crippen LogP contribution in [0.3, 0.4) is 0 Å². The first kappa shape index (κ1) is 17.0. The summed E-state index contributed by atoms with van der Waals surface area (Å²) in [5, 5.41) is 13.8. The molecule has 0 unspecified atom stereocenters. The minimum atomic E-state index is -0.581. The van der Waals surface area contributed by atoms with Gasteiger partial charge in [-0.2, -0.15) is 0 Å². The van der Waals surface area contributed by atoms with Crippen molar-refractivity contribution in [3.05, 3.63) is 36.2 Å². The van der Waals surface area contributed by atoms with Gasteiger partial charge in [-0.1, -0.05) is 17.8 Å². The molecule has 0 amide bonds. The number of hydrogen-bond donors (Lipinski definition) is 2. The van der Waals surface area contributed by atoms with Crippen LogP contribution in [0, 0.1) is 11.3 Å². The Balaban J connectivity index is 1.24. The van der Waals surface area contributed by atoms with E-state index in [1.807, 2.05) is 0 Å². The van der Waals surface area contributed by atoms with Crippen LogP contribution in [0.5, 0.6) is 0 Å². The minimum Gasteiger partial charge on any atom is -0.481 e. The SMILES string of the molecule is O=C(O)C1(C2CCN(Cc3ccc4c(c3)Nc3nccnc3S4)CC2)CC1. The molecule has 1 aromatic heterocycles. The van der Waals surface area contributed by atoms with Gasteiger partial charge in [-0.25, -0.2) is 9.97 Å². The van der Waals surface area contributed by atoms with Crippen LogP contribution in [0.1, 0.15) is 31.2 Å². The molecule has 3 aliphatic rings. The van der Waals surface area contributed by atoms with Gasteiger partial charge in [0.05, 0.1) is 11.1 Å². The average Bonchev–Trinajstić information content (AvgIpc) is 3.49. The second-order valence-electron chi connectivity index (χ2n) is 7.78. The maximum absolute atomic E-state index is 11.5. The quantitative estimate of drug-likeness (QED) is 0.711. The van der Waals surface area contributed by atoms with Crippen molar-refractivity contribution < 1.29 is 9.90 Å². The van der Waals surface area contributed by atoms with E-state index in [2.05, 4.69) is 38.4 Å². The van der Waals surface area contributed by atoms with E-state index in [-0.39, 0.29) is 0 Å². The average molecular weight is 382 g/mol. The number of aliphatic carboxylic acids is 1. The van der Waals surface area contributed by atoms with E-state index < -0.39 is 11.4 Å². The summed E-state index contributed by atoms with van der Waals surface area (Å²) in [4.78, 5) is 23.9. The number of carboxylic acid groups (broad SMARTS) is 1. The summed E-state index contributed by atoms with van der Waals surface area (Å²) in [6, 6.07) is 6.53. The molecule has 7 heteroatoms. The maximum Gasteiger partial charge on any atom is 0.309 e. The molecule has 2 fully saturated rings. The first-order valence-corrected chi connectivity index (χ1v) is 10.3. The molecule has 0 atom stereocenters. The summed E-state index contributed by atoms with van der Waals surface area (Å²) in [5.41, 5.74) is 1.96. The Bertz CT molecular complexity index is 891. The van der Waals surface area contributed by atoms with Crippen LogP contribution in [0.25, 0.3) is 0 Å². The highest BCUT2D eigenvalue weighted by molar-refractivity contribution is 7.99. The van der Waals surface area contributed by atoms with Crippen molar-refractivity contribution >= 4 is 29.2 Å². The van der Waals surface area contributed by atoms with E-state index in [1.165, 1.54) is 10.5 Å². The fraction of sp³-hybridized carbons (Fsp3) is 0.450. The lowest BCUT2D eigenvalue weighted by Crippen LogP contribution is -2.38. The minimum absolute atomic E-state index is 0.350. The highest BCUT2D eigenvalue weighted by atomic mass is 32.2. The zero-order valence-electron chi connectivity index (χ0n) is 15.0. The molecule has 1 aromatic carbocycles. The normalized spacial score (nSPS) is 21.0. The fourth-order valence-electron chi connectivity index (χ4n) is 4.41. The summed E-state index contributed by atoms with van der Waals surface area (Å²) in [5.74, 6) is 0.585. The van der Waals surface area contributed by atoms with Gasteiger partial charge in [0.25, 0.3) is 0 Å². The largest absolute Gasteiger partial charge is 0.481 e. The summed E-state index contributed by atoms with van der Waals surface area (Å²) in [6.07, 6.45) is 7.14. The first-order chi connectivity index (χ1) is 13.1. The van der Waals surface area contributed by atoms with Crippen LogP contribution in [-0.2, 0) is 11.3 Å². The van der Waals surface area contributed by atoms with Crippen molar-refractivity contribution in [2.75, 3.05) is 18.4 Å². The Morgan fingerprint density at radius 2 is 2.04 bits per heavy atom. The number of nitrogens with one attached hydrogen (secondary N) is 1. The molecule has 140 valence electrons. The van der Waals surface area contributed by atoms with Crippen LogP contribution in [-0.4, -0.2) is 39.0 Å². The van der Waals surface area contributed by atoms with E-state index >= 15 is 0 Å². The molecule has 0 spiro atoms. The number of anilines is 2. The van der Waals surface area contributed by atoms with Gasteiger partial charge in [0.15, 0.2) is 5.82 Å². The highest BCUT2D eigenvalue weighted by Crippen LogP contribution is 2.55. The molecular formula is C20H22N4O2S. The van der Waals surface area contributed by atoms with Gasteiger partial charge in [0, 0.05) is 23.8 Å². The second kappa shape index (κ2) is 6.49. The third-order valence-corrected chi connectivity index (χ3v) is 7.23. The Hall–Kier alpha value is -2.12. The Labute approximate surface area is 162 Å².